The molecule has 7 heteroatoms. The van der Waals surface area contributed by atoms with E-state index in [2.05, 4.69) is 5.32 Å². The van der Waals surface area contributed by atoms with Crippen molar-refractivity contribution in [3.05, 3.63) is 70.3 Å². The molecule has 124 valence electrons. The summed E-state index contributed by atoms with van der Waals surface area (Å²) in [6.45, 7) is -0.255. The number of amides is 1. The highest BCUT2D eigenvalue weighted by Crippen LogP contribution is 2.10. The van der Waals surface area contributed by atoms with E-state index < -0.39 is 17.5 Å². The van der Waals surface area contributed by atoms with Crippen LogP contribution in [-0.2, 0) is 24.9 Å². The van der Waals surface area contributed by atoms with Crippen LogP contribution in [-0.4, -0.2) is 15.0 Å². The first-order valence-corrected chi connectivity index (χ1v) is 7.31. The van der Waals surface area contributed by atoms with E-state index in [1.807, 2.05) is 6.07 Å². The molecule has 3 rings (SSSR count). The van der Waals surface area contributed by atoms with Crippen molar-refractivity contribution in [1.29, 1.82) is 0 Å². The molecule has 2 heterocycles. The second-order valence-electron chi connectivity index (χ2n) is 5.49. The second-order valence-corrected chi connectivity index (χ2v) is 5.49. The lowest BCUT2D eigenvalue weighted by atomic mass is 10.2. The Bertz CT molecular complexity index is 976. The predicted octanol–water partition coefficient (Wildman–Crippen LogP) is 1.93. The van der Waals surface area contributed by atoms with Gasteiger partial charge < -0.3 is 14.5 Å². The van der Waals surface area contributed by atoms with Crippen LogP contribution in [0.5, 0.6) is 0 Å². The SMILES string of the molecule is Cn1ccc2ccn(CC(=O)NCc3ccc(F)cc3F)c(=O)c21. The molecule has 0 aliphatic rings. The zero-order valence-electron chi connectivity index (χ0n) is 12.9. The largest absolute Gasteiger partial charge is 0.350 e. The molecule has 0 saturated carbocycles. The highest BCUT2D eigenvalue weighted by atomic mass is 19.1. The van der Waals surface area contributed by atoms with Gasteiger partial charge in [-0.1, -0.05) is 6.07 Å². The summed E-state index contributed by atoms with van der Waals surface area (Å²) >= 11 is 0. The molecule has 2 aromatic heterocycles. The lowest BCUT2D eigenvalue weighted by molar-refractivity contribution is -0.121. The number of carbonyl (C=O) groups is 1. The van der Waals surface area contributed by atoms with Gasteiger partial charge in [0.05, 0.1) is 0 Å². The van der Waals surface area contributed by atoms with Crippen molar-refractivity contribution >= 4 is 16.8 Å². The third-order valence-electron chi connectivity index (χ3n) is 3.81. The van der Waals surface area contributed by atoms with Gasteiger partial charge in [0.15, 0.2) is 0 Å². The molecule has 1 aromatic carbocycles. The maximum atomic E-state index is 13.5. The van der Waals surface area contributed by atoms with Gasteiger partial charge in [-0.05, 0) is 18.2 Å². The number of nitrogens with zero attached hydrogens (tertiary/aromatic N) is 2. The van der Waals surface area contributed by atoms with Gasteiger partial charge >= 0.3 is 0 Å². The van der Waals surface area contributed by atoms with Gasteiger partial charge in [0, 0.05) is 43.0 Å². The average Bonchev–Trinajstić information content (AvgIpc) is 2.91. The average molecular weight is 331 g/mol. The molecule has 1 amide bonds. The normalized spacial score (nSPS) is 11.0. The van der Waals surface area contributed by atoms with Crippen molar-refractivity contribution in [2.75, 3.05) is 0 Å². The molecule has 0 saturated heterocycles. The highest BCUT2D eigenvalue weighted by Gasteiger charge is 2.10. The maximum absolute atomic E-state index is 13.5. The molecule has 3 aromatic rings. The molecule has 0 atom stereocenters. The van der Waals surface area contributed by atoms with Crippen LogP contribution in [0, 0.1) is 11.6 Å². The fraction of sp³-hybridized carbons (Fsp3) is 0.176. The number of nitrogens with one attached hydrogen (secondary N) is 1. The zero-order valence-corrected chi connectivity index (χ0v) is 12.9. The summed E-state index contributed by atoms with van der Waals surface area (Å²) in [5, 5.41) is 3.32. The van der Waals surface area contributed by atoms with Crippen LogP contribution in [0.2, 0.25) is 0 Å². The number of halogens is 2. The van der Waals surface area contributed by atoms with Gasteiger partial charge in [-0.25, -0.2) is 8.78 Å². The third-order valence-corrected chi connectivity index (χ3v) is 3.81. The van der Waals surface area contributed by atoms with Crippen molar-refractivity contribution in [3.63, 3.8) is 0 Å². The molecule has 0 radical (unpaired) electrons. The minimum Gasteiger partial charge on any atom is -0.350 e. The molecular weight excluding hydrogens is 316 g/mol. The van der Waals surface area contributed by atoms with Gasteiger partial charge in [0.1, 0.15) is 23.7 Å². The quantitative estimate of drug-likeness (QED) is 0.794. The Labute approximate surface area is 136 Å². The molecule has 0 unspecified atom stereocenters. The number of benzene rings is 1. The van der Waals surface area contributed by atoms with E-state index in [4.69, 9.17) is 0 Å². The monoisotopic (exact) mass is 331 g/mol. The lowest BCUT2D eigenvalue weighted by Gasteiger charge is -2.09. The minimum atomic E-state index is -0.724. The summed E-state index contributed by atoms with van der Waals surface area (Å²) in [4.78, 5) is 24.4. The van der Waals surface area contributed by atoms with E-state index in [1.54, 1.807) is 30.1 Å². The first-order valence-electron chi connectivity index (χ1n) is 7.31. The lowest BCUT2D eigenvalue weighted by Crippen LogP contribution is -2.32. The van der Waals surface area contributed by atoms with Crippen LogP contribution in [0.1, 0.15) is 5.56 Å². The number of hydrogen-bond acceptors (Lipinski definition) is 2. The number of hydrogen-bond donors (Lipinski definition) is 1. The highest BCUT2D eigenvalue weighted by molar-refractivity contribution is 5.80. The number of aryl methyl sites for hydroxylation is 1. The molecule has 1 N–H and O–H groups in total. The molecule has 0 spiro atoms. The summed E-state index contributed by atoms with van der Waals surface area (Å²) in [6.07, 6.45) is 3.32. The fourth-order valence-electron chi connectivity index (χ4n) is 2.53. The van der Waals surface area contributed by atoms with E-state index in [0.29, 0.717) is 5.52 Å². The summed E-state index contributed by atoms with van der Waals surface area (Å²) in [5.41, 5.74) is 0.410. The van der Waals surface area contributed by atoms with Gasteiger partial charge in [-0.3, -0.25) is 9.59 Å². The molecule has 0 fully saturated rings. The van der Waals surface area contributed by atoms with Crippen molar-refractivity contribution < 1.29 is 13.6 Å². The number of fused-ring (bicyclic) bond motifs is 1. The van der Waals surface area contributed by atoms with Crippen LogP contribution in [0.15, 0.2) is 47.5 Å². The molecule has 0 bridgehead atoms. The summed E-state index contributed by atoms with van der Waals surface area (Å²) in [7, 11) is 1.76. The van der Waals surface area contributed by atoms with E-state index in [-0.39, 0.29) is 24.2 Å². The minimum absolute atomic E-state index is 0.0773. The van der Waals surface area contributed by atoms with Gasteiger partial charge in [-0.2, -0.15) is 0 Å². The van der Waals surface area contributed by atoms with Crippen LogP contribution in [0.4, 0.5) is 8.78 Å². The second kappa shape index (κ2) is 6.27. The standard InChI is InChI=1S/C17H15F2N3O2/c1-21-6-4-11-5-7-22(17(24)16(11)21)10-15(23)20-9-12-2-3-13(18)8-14(12)19/h2-8H,9-10H2,1H3,(H,20,23). The summed E-state index contributed by atoms with van der Waals surface area (Å²) < 4.78 is 29.4. The maximum Gasteiger partial charge on any atom is 0.275 e. The Morgan fingerprint density at radius 2 is 1.92 bits per heavy atom. The van der Waals surface area contributed by atoms with E-state index in [1.165, 1.54) is 10.6 Å². The molecule has 0 aliphatic carbocycles. The molecular formula is C17H15F2N3O2. The topological polar surface area (TPSA) is 56.0 Å². The Morgan fingerprint density at radius 1 is 1.17 bits per heavy atom. The molecule has 0 aliphatic heterocycles. The smallest absolute Gasteiger partial charge is 0.275 e. The Morgan fingerprint density at radius 3 is 2.67 bits per heavy atom. The first kappa shape index (κ1) is 15.9. The van der Waals surface area contributed by atoms with Crippen molar-refractivity contribution in [3.8, 4) is 0 Å². The van der Waals surface area contributed by atoms with Crippen LogP contribution in [0.3, 0.4) is 0 Å². The zero-order chi connectivity index (χ0) is 17.3. The van der Waals surface area contributed by atoms with Crippen LogP contribution >= 0.6 is 0 Å². The third kappa shape index (κ3) is 3.05. The predicted molar refractivity (Wildman–Crippen MR) is 85.4 cm³/mol. The number of carbonyl (C=O) groups excluding carboxylic acids is 1. The van der Waals surface area contributed by atoms with E-state index >= 15 is 0 Å². The van der Waals surface area contributed by atoms with Gasteiger partial charge in [-0.15, -0.1) is 0 Å². The van der Waals surface area contributed by atoms with Crippen molar-refractivity contribution in [2.45, 2.75) is 13.1 Å². The van der Waals surface area contributed by atoms with E-state index in [9.17, 15) is 18.4 Å². The van der Waals surface area contributed by atoms with Crippen LogP contribution < -0.4 is 10.9 Å². The number of aromatic nitrogens is 2. The fourth-order valence-corrected chi connectivity index (χ4v) is 2.53. The Hall–Kier alpha value is -2.96. The molecule has 5 nitrogen and oxygen atoms in total. The van der Waals surface area contributed by atoms with Gasteiger partial charge in [0.25, 0.3) is 5.56 Å². The Kier molecular flexibility index (Phi) is 4.16. The number of pyridine rings is 1. The Balaban J connectivity index is 1.72. The summed E-state index contributed by atoms with van der Waals surface area (Å²) in [6, 6.07) is 6.73. The number of rotatable bonds is 4. The van der Waals surface area contributed by atoms with Gasteiger partial charge in [0.2, 0.25) is 5.91 Å². The van der Waals surface area contributed by atoms with Crippen molar-refractivity contribution in [1.82, 2.24) is 14.5 Å². The first-order chi connectivity index (χ1) is 11.5. The molecule has 24 heavy (non-hydrogen) atoms. The summed E-state index contributed by atoms with van der Waals surface area (Å²) in [5.74, 6) is -1.84. The van der Waals surface area contributed by atoms with Crippen LogP contribution in [0.25, 0.3) is 10.9 Å². The van der Waals surface area contributed by atoms with Crippen molar-refractivity contribution in [2.24, 2.45) is 7.05 Å². The van der Waals surface area contributed by atoms with E-state index in [0.717, 1.165) is 17.5 Å².